The first-order chi connectivity index (χ1) is 9.63. The number of carbonyl (C=O) groups excluding carboxylic acids is 1. The van der Waals surface area contributed by atoms with Crippen LogP contribution in [0, 0.1) is 5.92 Å². The highest BCUT2D eigenvalue weighted by atomic mass is 16.2. The molecule has 4 heteroatoms. The summed E-state index contributed by atoms with van der Waals surface area (Å²) in [7, 11) is 0. The summed E-state index contributed by atoms with van der Waals surface area (Å²) in [6.45, 7) is 3.67. The van der Waals surface area contributed by atoms with Gasteiger partial charge in [0.25, 0.3) is 0 Å². The molecule has 1 fully saturated rings. The van der Waals surface area contributed by atoms with Gasteiger partial charge in [-0.25, -0.2) is 0 Å². The molecule has 2 unspecified atom stereocenters. The number of benzene rings is 1. The van der Waals surface area contributed by atoms with E-state index in [1.54, 1.807) is 0 Å². The normalized spacial score (nSPS) is 23.2. The summed E-state index contributed by atoms with van der Waals surface area (Å²) in [5.74, 6) is 0.669. The van der Waals surface area contributed by atoms with Crippen LogP contribution in [0.25, 0.3) is 10.9 Å². The molecule has 1 saturated heterocycles. The van der Waals surface area contributed by atoms with Gasteiger partial charge in [0.1, 0.15) is 0 Å². The molecule has 3 N–H and O–H groups in total. The van der Waals surface area contributed by atoms with Crippen molar-refractivity contribution in [1.82, 2.24) is 9.88 Å². The van der Waals surface area contributed by atoms with Crippen LogP contribution >= 0.6 is 0 Å². The molecule has 0 bridgehead atoms. The summed E-state index contributed by atoms with van der Waals surface area (Å²) < 4.78 is 0. The zero-order chi connectivity index (χ0) is 14.1. The molecule has 2 atom stereocenters. The Bertz CT molecular complexity index is 609. The zero-order valence-electron chi connectivity index (χ0n) is 11.8. The molecule has 2 heterocycles. The van der Waals surface area contributed by atoms with Gasteiger partial charge < -0.3 is 15.6 Å². The molecule has 106 valence electrons. The monoisotopic (exact) mass is 271 g/mol. The third kappa shape index (κ3) is 2.56. The van der Waals surface area contributed by atoms with Gasteiger partial charge in [0.15, 0.2) is 0 Å². The van der Waals surface area contributed by atoms with E-state index < -0.39 is 0 Å². The SMILES string of the molecule is CC1CC(N)CN(C(=O)Cc2c[nH]c3ccccc23)C1. The average molecular weight is 271 g/mol. The van der Waals surface area contributed by atoms with Crippen LogP contribution in [0.15, 0.2) is 30.5 Å². The van der Waals surface area contributed by atoms with E-state index in [1.165, 1.54) is 0 Å². The maximum absolute atomic E-state index is 12.5. The van der Waals surface area contributed by atoms with E-state index in [9.17, 15) is 4.79 Å². The fraction of sp³-hybridized carbons (Fsp3) is 0.438. The highest BCUT2D eigenvalue weighted by Crippen LogP contribution is 2.20. The summed E-state index contributed by atoms with van der Waals surface area (Å²) in [6.07, 6.45) is 3.40. The van der Waals surface area contributed by atoms with Crippen LogP contribution in [-0.2, 0) is 11.2 Å². The van der Waals surface area contributed by atoms with E-state index in [4.69, 9.17) is 5.73 Å². The minimum Gasteiger partial charge on any atom is -0.361 e. The van der Waals surface area contributed by atoms with Gasteiger partial charge in [-0.05, 0) is 24.0 Å². The molecule has 4 nitrogen and oxygen atoms in total. The molecule has 1 amide bonds. The third-order valence-corrected chi connectivity index (χ3v) is 4.06. The molecule has 0 radical (unpaired) electrons. The number of piperidine rings is 1. The Hall–Kier alpha value is -1.81. The van der Waals surface area contributed by atoms with Crippen molar-refractivity contribution in [2.45, 2.75) is 25.8 Å². The highest BCUT2D eigenvalue weighted by molar-refractivity contribution is 5.88. The smallest absolute Gasteiger partial charge is 0.227 e. The summed E-state index contributed by atoms with van der Waals surface area (Å²) in [6, 6.07) is 8.20. The summed E-state index contributed by atoms with van der Waals surface area (Å²) in [4.78, 5) is 17.6. The van der Waals surface area contributed by atoms with Gasteiger partial charge in [-0.1, -0.05) is 25.1 Å². The molecule has 3 rings (SSSR count). The standard InChI is InChI=1S/C16H21N3O/c1-11-6-13(17)10-19(9-11)16(20)7-12-8-18-15-5-3-2-4-14(12)15/h2-5,8,11,13,18H,6-7,9-10,17H2,1H3. The van der Waals surface area contributed by atoms with E-state index in [-0.39, 0.29) is 11.9 Å². The van der Waals surface area contributed by atoms with Crippen molar-refractivity contribution in [3.63, 3.8) is 0 Å². The lowest BCUT2D eigenvalue weighted by atomic mass is 9.96. The number of amides is 1. The molecular weight excluding hydrogens is 250 g/mol. The molecule has 1 aliphatic rings. The number of hydrogen-bond donors (Lipinski definition) is 2. The number of rotatable bonds is 2. The minimum atomic E-state index is 0.116. The fourth-order valence-electron chi connectivity index (χ4n) is 3.16. The minimum absolute atomic E-state index is 0.116. The Morgan fingerprint density at radius 1 is 1.40 bits per heavy atom. The molecule has 1 aromatic carbocycles. The Morgan fingerprint density at radius 2 is 2.20 bits per heavy atom. The van der Waals surface area contributed by atoms with Crippen molar-refractivity contribution in [3.8, 4) is 0 Å². The number of nitrogens with two attached hydrogens (primary N) is 1. The Morgan fingerprint density at radius 3 is 3.00 bits per heavy atom. The van der Waals surface area contributed by atoms with E-state index in [1.807, 2.05) is 29.3 Å². The maximum Gasteiger partial charge on any atom is 0.227 e. The number of H-pyrrole nitrogens is 1. The maximum atomic E-state index is 12.5. The summed E-state index contributed by atoms with van der Waals surface area (Å²) in [5, 5.41) is 1.13. The van der Waals surface area contributed by atoms with Crippen LogP contribution in [0.5, 0.6) is 0 Å². The zero-order valence-corrected chi connectivity index (χ0v) is 11.8. The van der Waals surface area contributed by atoms with E-state index in [2.05, 4.69) is 18.0 Å². The average Bonchev–Trinajstić information content (AvgIpc) is 2.81. The largest absolute Gasteiger partial charge is 0.361 e. The van der Waals surface area contributed by atoms with Gasteiger partial charge in [0.2, 0.25) is 5.91 Å². The van der Waals surface area contributed by atoms with Crippen LogP contribution in [0.4, 0.5) is 0 Å². The summed E-state index contributed by atoms with van der Waals surface area (Å²) in [5.41, 5.74) is 8.17. The number of likely N-dealkylation sites (tertiary alicyclic amines) is 1. The topological polar surface area (TPSA) is 62.1 Å². The van der Waals surface area contributed by atoms with E-state index >= 15 is 0 Å². The fourth-order valence-corrected chi connectivity index (χ4v) is 3.16. The van der Waals surface area contributed by atoms with Gasteiger partial charge in [-0.3, -0.25) is 4.79 Å². The number of hydrogen-bond acceptors (Lipinski definition) is 2. The van der Waals surface area contributed by atoms with Crippen molar-refractivity contribution in [3.05, 3.63) is 36.0 Å². The van der Waals surface area contributed by atoms with E-state index in [0.29, 0.717) is 18.9 Å². The van der Waals surface area contributed by atoms with Crippen molar-refractivity contribution in [2.24, 2.45) is 11.7 Å². The number of fused-ring (bicyclic) bond motifs is 1. The number of nitrogens with one attached hydrogen (secondary N) is 1. The molecular formula is C16H21N3O. The predicted octanol–water partition coefficient (Wildman–Crippen LogP) is 1.91. The van der Waals surface area contributed by atoms with Crippen molar-refractivity contribution < 1.29 is 4.79 Å². The van der Waals surface area contributed by atoms with Gasteiger partial charge in [0.05, 0.1) is 6.42 Å². The van der Waals surface area contributed by atoms with Crippen molar-refractivity contribution in [2.75, 3.05) is 13.1 Å². The van der Waals surface area contributed by atoms with Crippen molar-refractivity contribution >= 4 is 16.8 Å². The number of para-hydroxylation sites is 1. The molecule has 0 spiro atoms. The Kier molecular flexibility index (Phi) is 3.49. The van der Waals surface area contributed by atoms with Gasteiger partial charge >= 0.3 is 0 Å². The first-order valence-electron chi connectivity index (χ1n) is 7.22. The summed E-state index contributed by atoms with van der Waals surface area (Å²) >= 11 is 0. The Labute approximate surface area is 118 Å². The predicted molar refractivity (Wildman–Crippen MR) is 80.3 cm³/mol. The van der Waals surface area contributed by atoms with Crippen LogP contribution in [0.2, 0.25) is 0 Å². The van der Waals surface area contributed by atoms with Gasteiger partial charge in [-0.15, -0.1) is 0 Å². The molecule has 0 aliphatic carbocycles. The first-order valence-corrected chi connectivity index (χ1v) is 7.22. The second-order valence-electron chi connectivity index (χ2n) is 5.94. The van der Waals surface area contributed by atoms with Crippen LogP contribution in [-0.4, -0.2) is 34.9 Å². The number of nitrogens with zero attached hydrogens (tertiary/aromatic N) is 1. The van der Waals surface area contributed by atoms with Crippen molar-refractivity contribution in [1.29, 1.82) is 0 Å². The van der Waals surface area contributed by atoms with E-state index in [0.717, 1.165) is 29.4 Å². The molecule has 2 aromatic rings. The number of aromatic nitrogens is 1. The lowest BCUT2D eigenvalue weighted by Gasteiger charge is -2.34. The second-order valence-corrected chi connectivity index (χ2v) is 5.94. The van der Waals surface area contributed by atoms with Crippen LogP contribution < -0.4 is 5.73 Å². The molecule has 20 heavy (non-hydrogen) atoms. The number of aromatic amines is 1. The Balaban J connectivity index is 1.75. The van der Waals surface area contributed by atoms with Gasteiger partial charge in [0, 0.05) is 36.2 Å². The molecule has 1 aliphatic heterocycles. The first kappa shape index (κ1) is 13.2. The lowest BCUT2D eigenvalue weighted by molar-refractivity contribution is -0.132. The molecule has 1 aromatic heterocycles. The third-order valence-electron chi connectivity index (χ3n) is 4.06. The lowest BCUT2D eigenvalue weighted by Crippen LogP contribution is -2.49. The number of carbonyl (C=O) groups is 1. The van der Waals surface area contributed by atoms with Crippen LogP contribution in [0.3, 0.4) is 0 Å². The quantitative estimate of drug-likeness (QED) is 0.876. The molecule has 0 saturated carbocycles. The van der Waals surface area contributed by atoms with Crippen LogP contribution in [0.1, 0.15) is 18.9 Å². The van der Waals surface area contributed by atoms with Gasteiger partial charge in [-0.2, -0.15) is 0 Å². The second kappa shape index (κ2) is 5.29. The highest BCUT2D eigenvalue weighted by Gasteiger charge is 2.25.